The van der Waals surface area contributed by atoms with Gasteiger partial charge in [0.25, 0.3) is 5.91 Å². The zero-order chi connectivity index (χ0) is 20.9. The molecule has 160 valence electrons. The molecule has 0 saturated carbocycles. The Hall–Kier alpha value is -2.13. The number of hydrogen-bond donors (Lipinski definition) is 0. The monoisotopic (exact) mass is 424 g/mol. The quantitative estimate of drug-likeness (QED) is 0.618. The van der Waals surface area contributed by atoms with Gasteiger partial charge in [-0.25, -0.2) is 8.42 Å². The highest BCUT2D eigenvalue weighted by molar-refractivity contribution is 7.89. The second-order valence-electron chi connectivity index (χ2n) is 7.28. The van der Waals surface area contributed by atoms with Crippen molar-refractivity contribution in [2.45, 2.75) is 37.5 Å². The van der Waals surface area contributed by atoms with Crippen LogP contribution < -0.4 is 4.74 Å². The summed E-state index contributed by atoms with van der Waals surface area (Å²) in [5.74, 6) is -0.0500. The number of benzene rings is 1. The van der Waals surface area contributed by atoms with Gasteiger partial charge in [0.05, 0.1) is 17.4 Å². The van der Waals surface area contributed by atoms with Crippen molar-refractivity contribution in [1.29, 1.82) is 0 Å². The summed E-state index contributed by atoms with van der Waals surface area (Å²) in [5, 5.41) is 0. The Bertz CT molecular complexity index is 810. The van der Waals surface area contributed by atoms with E-state index in [1.54, 1.807) is 24.0 Å². The van der Waals surface area contributed by atoms with Crippen LogP contribution in [0.3, 0.4) is 0 Å². The van der Waals surface area contributed by atoms with Crippen molar-refractivity contribution in [3.05, 3.63) is 24.3 Å². The third-order valence-corrected chi connectivity index (χ3v) is 7.27. The molecular formula is C20H28N2O6S. The molecule has 2 aliphatic rings. The number of likely N-dealkylation sites (tertiary alicyclic amines) is 1. The van der Waals surface area contributed by atoms with Crippen molar-refractivity contribution >= 4 is 21.9 Å². The summed E-state index contributed by atoms with van der Waals surface area (Å²) in [7, 11) is -3.46. The lowest BCUT2D eigenvalue weighted by Crippen LogP contribution is -2.42. The molecule has 0 bridgehead atoms. The number of rotatable bonds is 7. The largest absolute Gasteiger partial charge is 0.484 e. The maximum Gasteiger partial charge on any atom is 0.309 e. The number of ether oxygens (including phenoxy) is 2. The first kappa shape index (κ1) is 21.6. The fourth-order valence-electron chi connectivity index (χ4n) is 3.65. The van der Waals surface area contributed by atoms with Gasteiger partial charge in [-0.1, -0.05) is 0 Å². The molecule has 2 aliphatic heterocycles. The van der Waals surface area contributed by atoms with E-state index >= 15 is 0 Å². The maximum atomic E-state index is 12.5. The topological polar surface area (TPSA) is 93.2 Å². The molecule has 0 aromatic heterocycles. The van der Waals surface area contributed by atoms with E-state index in [-0.39, 0.29) is 29.3 Å². The van der Waals surface area contributed by atoms with Crippen LogP contribution in [0.5, 0.6) is 5.75 Å². The Balaban J connectivity index is 1.48. The number of piperidine rings is 1. The summed E-state index contributed by atoms with van der Waals surface area (Å²) in [4.78, 5) is 26.0. The minimum Gasteiger partial charge on any atom is -0.484 e. The molecule has 1 aromatic carbocycles. The molecule has 1 amide bonds. The smallest absolute Gasteiger partial charge is 0.309 e. The number of amides is 1. The van der Waals surface area contributed by atoms with Crippen molar-refractivity contribution in [2.75, 3.05) is 39.4 Å². The van der Waals surface area contributed by atoms with Crippen LogP contribution in [0.1, 0.15) is 32.6 Å². The van der Waals surface area contributed by atoms with Crippen LogP contribution in [-0.2, 0) is 24.3 Å². The van der Waals surface area contributed by atoms with Crippen molar-refractivity contribution < 1.29 is 27.5 Å². The number of esters is 1. The van der Waals surface area contributed by atoms with Crippen LogP contribution in [0.4, 0.5) is 0 Å². The first-order chi connectivity index (χ1) is 13.9. The van der Waals surface area contributed by atoms with Gasteiger partial charge >= 0.3 is 5.97 Å². The molecule has 0 aliphatic carbocycles. The van der Waals surface area contributed by atoms with E-state index in [0.717, 1.165) is 12.8 Å². The highest BCUT2D eigenvalue weighted by atomic mass is 32.2. The van der Waals surface area contributed by atoms with Gasteiger partial charge in [-0.3, -0.25) is 9.59 Å². The van der Waals surface area contributed by atoms with Gasteiger partial charge in [-0.2, -0.15) is 4.31 Å². The van der Waals surface area contributed by atoms with Gasteiger partial charge in [-0.05, 0) is 56.9 Å². The predicted molar refractivity (Wildman–Crippen MR) is 106 cm³/mol. The van der Waals surface area contributed by atoms with Crippen LogP contribution in [0, 0.1) is 5.92 Å². The Morgan fingerprint density at radius 1 is 1.03 bits per heavy atom. The Labute approximate surface area is 171 Å². The summed E-state index contributed by atoms with van der Waals surface area (Å²) < 4.78 is 37.1. The molecule has 2 fully saturated rings. The molecule has 0 radical (unpaired) electrons. The van der Waals surface area contributed by atoms with E-state index in [1.807, 2.05) is 0 Å². The molecule has 2 heterocycles. The molecule has 0 spiro atoms. The molecule has 0 unspecified atom stereocenters. The zero-order valence-electron chi connectivity index (χ0n) is 16.7. The second-order valence-corrected chi connectivity index (χ2v) is 9.22. The molecule has 29 heavy (non-hydrogen) atoms. The van der Waals surface area contributed by atoms with Gasteiger partial charge in [0.15, 0.2) is 6.61 Å². The van der Waals surface area contributed by atoms with Crippen LogP contribution >= 0.6 is 0 Å². The standard InChI is InChI=1S/C20H28N2O6S/c1-2-27-20(24)16-9-13-21(14-10-16)19(23)15-28-17-5-7-18(8-6-17)29(25,26)22-11-3-4-12-22/h5-8,16H,2-4,9-15H2,1H3. The molecule has 3 rings (SSSR count). The Morgan fingerprint density at radius 3 is 2.24 bits per heavy atom. The number of carbonyl (C=O) groups excluding carboxylic acids is 2. The van der Waals surface area contributed by atoms with Crippen LogP contribution in [0.25, 0.3) is 0 Å². The summed E-state index contributed by atoms with van der Waals surface area (Å²) in [6, 6.07) is 6.17. The number of carbonyl (C=O) groups is 2. The number of hydrogen-bond acceptors (Lipinski definition) is 6. The fraction of sp³-hybridized carbons (Fsp3) is 0.600. The molecule has 0 N–H and O–H groups in total. The van der Waals surface area contributed by atoms with Gasteiger partial charge < -0.3 is 14.4 Å². The van der Waals surface area contributed by atoms with Crippen LogP contribution in [-0.4, -0.2) is 68.9 Å². The third kappa shape index (κ3) is 5.27. The van der Waals surface area contributed by atoms with Crippen LogP contribution in [0.2, 0.25) is 0 Å². The minimum atomic E-state index is -3.46. The van der Waals surface area contributed by atoms with Crippen LogP contribution in [0.15, 0.2) is 29.2 Å². The summed E-state index contributed by atoms with van der Waals surface area (Å²) in [6.07, 6.45) is 2.96. The average molecular weight is 425 g/mol. The normalized spacial score (nSPS) is 18.6. The molecule has 9 heteroatoms. The van der Waals surface area contributed by atoms with Crippen molar-refractivity contribution in [2.24, 2.45) is 5.92 Å². The lowest BCUT2D eigenvalue weighted by molar-refractivity contribution is -0.151. The SMILES string of the molecule is CCOC(=O)C1CCN(C(=O)COc2ccc(S(=O)(=O)N3CCCC3)cc2)CC1. The third-order valence-electron chi connectivity index (χ3n) is 5.36. The van der Waals surface area contributed by atoms with E-state index < -0.39 is 10.0 Å². The van der Waals surface area contributed by atoms with Gasteiger partial charge in [0.1, 0.15) is 5.75 Å². The van der Waals surface area contributed by atoms with E-state index in [2.05, 4.69) is 0 Å². The van der Waals surface area contributed by atoms with Crippen molar-refractivity contribution in [3.8, 4) is 5.75 Å². The highest BCUT2D eigenvalue weighted by Gasteiger charge is 2.29. The van der Waals surface area contributed by atoms with E-state index in [4.69, 9.17) is 9.47 Å². The minimum absolute atomic E-state index is 0.123. The number of sulfonamides is 1. The lowest BCUT2D eigenvalue weighted by Gasteiger charge is -2.30. The molecule has 1 aromatic rings. The Morgan fingerprint density at radius 2 is 1.66 bits per heavy atom. The predicted octanol–water partition coefficient (Wildman–Crippen LogP) is 1.65. The van der Waals surface area contributed by atoms with Gasteiger partial charge in [-0.15, -0.1) is 0 Å². The average Bonchev–Trinajstić information content (AvgIpc) is 3.28. The summed E-state index contributed by atoms with van der Waals surface area (Å²) in [6.45, 7) is 4.13. The van der Waals surface area contributed by atoms with Gasteiger partial charge in [0.2, 0.25) is 10.0 Å². The summed E-state index contributed by atoms with van der Waals surface area (Å²) >= 11 is 0. The Kier molecular flexibility index (Phi) is 7.13. The number of nitrogens with zero attached hydrogens (tertiary/aromatic N) is 2. The fourth-order valence-corrected chi connectivity index (χ4v) is 5.16. The first-order valence-electron chi connectivity index (χ1n) is 10.1. The zero-order valence-corrected chi connectivity index (χ0v) is 17.5. The van der Waals surface area contributed by atoms with Gasteiger partial charge in [0, 0.05) is 26.2 Å². The highest BCUT2D eigenvalue weighted by Crippen LogP contribution is 2.23. The molecule has 8 nitrogen and oxygen atoms in total. The van der Waals surface area contributed by atoms with E-state index in [1.165, 1.54) is 16.4 Å². The van der Waals surface area contributed by atoms with E-state index in [9.17, 15) is 18.0 Å². The van der Waals surface area contributed by atoms with Crippen molar-refractivity contribution in [3.63, 3.8) is 0 Å². The summed E-state index contributed by atoms with van der Waals surface area (Å²) in [5.41, 5.74) is 0. The van der Waals surface area contributed by atoms with Crippen molar-refractivity contribution in [1.82, 2.24) is 9.21 Å². The molecular weight excluding hydrogens is 396 g/mol. The molecule has 2 saturated heterocycles. The first-order valence-corrected chi connectivity index (χ1v) is 11.5. The molecule has 0 atom stereocenters. The maximum absolute atomic E-state index is 12.5. The second kappa shape index (κ2) is 9.58. The van der Waals surface area contributed by atoms with E-state index in [0.29, 0.717) is 51.4 Å². The lowest BCUT2D eigenvalue weighted by atomic mass is 9.97.